The number of aliphatic imine (C=N–C) groups is 1. The van der Waals surface area contributed by atoms with Gasteiger partial charge in [-0.15, -0.1) is 35.3 Å². The van der Waals surface area contributed by atoms with Crippen LogP contribution in [0.3, 0.4) is 0 Å². The van der Waals surface area contributed by atoms with Crippen molar-refractivity contribution in [1.82, 2.24) is 25.4 Å². The number of nitrogens with one attached hydrogen (secondary N) is 2. The zero-order valence-corrected chi connectivity index (χ0v) is 21.3. The first-order chi connectivity index (χ1) is 12.8. The molecule has 6 nitrogen and oxygen atoms in total. The standard InChI is InChI=1S/C20H34N6S.HI/c1-8-21-20(22-10-9-17-12-27-19(24-17)13(2)3)23-14(4)11-18-15(5)25-26(7)16(18)6;/h12-14H,8-11H2,1-7H3,(H2,21,22,23);1H. The third-order valence-corrected chi connectivity index (χ3v) is 5.79. The third kappa shape index (κ3) is 7.02. The SMILES string of the molecule is CCNC(=NCCc1csc(C(C)C)n1)NC(C)Cc1c(C)nn(C)c1C.I. The van der Waals surface area contributed by atoms with E-state index in [4.69, 9.17) is 9.98 Å². The van der Waals surface area contributed by atoms with Gasteiger partial charge in [0, 0.05) is 49.6 Å². The Morgan fingerprint density at radius 1 is 1.29 bits per heavy atom. The summed E-state index contributed by atoms with van der Waals surface area (Å²) in [7, 11) is 2.00. The first-order valence-corrected chi connectivity index (χ1v) is 10.7. The summed E-state index contributed by atoms with van der Waals surface area (Å²) >= 11 is 1.74. The molecule has 0 radical (unpaired) electrons. The fourth-order valence-electron chi connectivity index (χ4n) is 3.01. The predicted octanol–water partition coefficient (Wildman–Crippen LogP) is 3.96. The van der Waals surface area contributed by atoms with Crippen molar-refractivity contribution in [3.63, 3.8) is 0 Å². The van der Waals surface area contributed by atoms with Gasteiger partial charge in [-0.25, -0.2) is 4.98 Å². The molecular weight excluding hydrogens is 483 g/mol. The van der Waals surface area contributed by atoms with Gasteiger partial charge in [0.2, 0.25) is 0 Å². The quantitative estimate of drug-likeness (QED) is 0.316. The van der Waals surface area contributed by atoms with Crippen molar-refractivity contribution in [3.05, 3.63) is 33.0 Å². The first kappa shape index (κ1) is 24.9. The molecule has 28 heavy (non-hydrogen) atoms. The number of nitrogens with zero attached hydrogens (tertiary/aromatic N) is 4. The monoisotopic (exact) mass is 518 g/mol. The molecule has 1 unspecified atom stereocenters. The number of aryl methyl sites for hydroxylation is 2. The van der Waals surface area contributed by atoms with Gasteiger partial charge in [0.25, 0.3) is 0 Å². The van der Waals surface area contributed by atoms with E-state index in [1.54, 1.807) is 11.3 Å². The molecular formula is C20H35IN6S. The molecule has 2 N–H and O–H groups in total. The second kappa shape index (κ2) is 11.7. The van der Waals surface area contributed by atoms with Crippen molar-refractivity contribution < 1.29 is 0 Å². The molecule has 1 atom stereocenters. The van der Waals surface area contributed by atoms with Crippen molar-refractivity contribution in [2.24, 2.45) is 12.0 Å². The molecule has 0 spiro atoms. The van der Waals surface area contributed by atoms with Gasteiger partial charge in [0.1, 0.15) is 0 Å². The molecule has 0 fully saturated rings. The van der Waals surface area contributed by atoms with Gasteiger partial charge in [0.15, 0.2) is 5.96 Å². The van der Waals surface area contributed by atoms with E-state index in [0.717, 1.165) is 43.3 Å². The van der Waals surface area contributed by atoms with Crippen LogP contribution < -0.4 is 10.6 Å². The molecule has 0 saturated heterocycles. The van der Waals surface area contributed by atoms with Gasteiger partial charge in [-0.3, -0.25) is 9.67 Å². The van der Waals surface area contributed by atoms with Crippen molar-refractivity contribution >= 4 is 41.3 Å². The second-order valence-electron chi connectivity index (χ2n) is 7.36. The van der Waals surface area contributed by atoms with Crippen LogP contribution in [0.2, 0.25) is 0 Å². The highest BCUT2D eigenvalue weighted by Gasteiger charge is 2.14. The molecule has 0 aliphatic rings. The molecule has 8 heteroatoms. The zero-order valence-electron chi connectivity index (χ0n) is 18.2. The number of guanidine groups is 1. The molecule has 2 rings (SSSR count). The molecule has 0 bridgehead atoms. The van der Waals surface area contributed by atoms with E-state index in [-0.39, 0.29) is 30.0 Å². The maximum Gasteiger partial charge on any atom is 0.191 e. The van der Waals surface area contributed by atoms with E-state index >= 15 is 0 Å². The second-order valence-corrected chi connectivity index (χ2v) is 8.25. The normalized spacial score (nSPS) is 12.8. The summed E-state index contributed by atoms with van der Waals surface area (Å²) in [4.78, 5) is 9.42. The Morgan fingerprint density at radius 2 is 2.00 bits per heavy atom. The lowest BCUT2D eigenvalue weighted by atomic mass is 10.1. The highest BCUT2D eigenvalue weighted by atomic mass is 127. The van der Waals surface area contributed by atoms with Crippen LogP contribution in [0.25, 0.3) is 0 Å². The van der Waals surface area contributed by atoms with Gasteiger partial charge in [-0.05, 0) is 39.7 Å². The van der Waals surface area contributed by atoms with Crippen LogP contribution in [0.5, 0.6) is 0 Å². The van der Waals surface area contributed by atoms with Crippen molar-refractivity contribution in [3.8, 4) is 0 Å². The minimum absolute atomic E-state index is 0. The van der Waals surface area contributed by atoms with Gasteiger partial charge >= 0.3 is 0 Å². The van der Waals surface area contributed by atoms with Gasteiger partial charge in [-0.2, -0.15) is 5.10 Å². The molecule has 0 aromatic carbocycles. The zero-order chi connectivity index (χ0) is 20.0. The van der Waals surface area contributed by atoms with Crippen LogP contribution in [-0.4, -0.2) is 39.9 Å². The third-order valence-electron chi connectivity index (χ3n) is 4.60. The fraction of sp³-hybridized carbons (Fsp3) is 0.650. The van der Waals surface area contributed by atoms with Crippen LogP contribution in [-0.2, 0) is 19.9 Å². The Labute approximate surface area is 190 Å². The Hall–Kier alpha value is -1.16. The number of thiazole rings is 1. The van der Waals surface area contributed by atoms with Crippen LogP contribution in [0, 0.1) is 13.8 Å². The summed E-state index contributed by atoms with van der Waals surface area (Å²) in [5.41, 5.74) is 4.79. The van der Waals surface area contributed by atoms with E-state index in [1.165, 1.54) is 16.3 Å². The molecule has 0 aliphatic heterocycles. The number of hydrogen-bond donors (Lipinski definition) is 2. The van der Waals surface area contributed by atoms with Gasteiger partial charge in [0.05, 0.1) is 16.4 Å². The highest BCUT2D eigenvalue weighted by molar-refractivity contribution is 14.0. The summed E-state index contributed by atoms with van der Waals surface area (Å²) in [6, 6.07) is 0.274. The maximum atomic E-state index is 4.73. The van der Waals surface area contributed by atoms with E-state index in [9.17, 15) is 0 Å². The van der Waals surface area contributed by atoms with E-state index in [1.807, 2.05) is 11.7 Å². The molecule has 2 aromatic heterocycles. The van der Waals surface area contributed by atoms with Gasteiger partial charge in [-0.1, -0.05) is 13.8 Å². The minimum Gasteiger partial charge on any atom is -0.357 e. The minimum atomic E-state index is 0. The average Bonchev–Trinajstić information content (AvgIpc) is 3.16. The van der Waals surface area contributed by atoms with Crippen molar-refractivity contribution in [1.29, 1.82) is 0 Å². The average molecular weight is 519 g/mol. The van der Waals surface area contributed by atoms with Crippen LogP contribution in [0.4, 0.5) is 0 Å². The Kier molecular flexibility index (Phi) is 10.4. The summed E-state index contributed by atoms with van der Waals surface area (Å²) < 4.78 is 1.95. The van der Waals surface area contributed by atoms with E-state index in [0.29, 0.717) is 5.92 Å². The lowest BCUT2D eigenvalue weighted by Gasteiger charge is -2.18. The van der Waals surface area contributed by atoms with Crippen molar-refractivity contribution in [2.75, 3.05) is 13.1 Å². The highest BCUT2D eigenvalue weighted by Crippen LogP contribution is 2.19. The maximum absolute atomic E-state index is 4.73. The summed E-state index contributed by atoms with van der Waals surface area (Å²) in [5, 5.41) is 14.7. The van der Waals surface area contributed by atoms with Crippen LogP contribution in [0.15, 0.2) is 10.4 Å². The number of rotatable bonds is 8. The van der Waals surface area contributed by atoms with E-state index in [2.05, 4.69) is 62.7 Å². The number of halogens is 1. The lowest BCUT2D eigenvalue weighted by Crippen LogP contribution is -2.43. The molecule has 158 valence electrons. The van der Waals surface area contributed by atoms with Crippen molar-refractivity contribution in [2.45, 2.75) is 66.3 Å². The topological polar surface area (TPSA) is 67.1 Å². The molecule has 2 aromatic rings. The first-order valence-electron chi connectivity index (χ1n) is 9.80. The Balaban J connectivity index is 0.00000392. The molecule has 0 amide bonds. The number of hydrogen-bond acceptors (Lipinski definition) is 4. The fourth-order valence-corrected chi connectivity index (χ4v) is 3.88. The van der Waals surface area contributed by atoms with E-state index < -0.39 is 0 Å². The largest absolute Gasteiger partial charge is 0.357 e. The van der Waals surface area contributed by atoms with Crippen LogP contribution >= 0.6 is 35.3 Å². The predicted molar refractivity (Wildman–Crippen MR) is 130 cm³/mol. The molecule has 2 heterocycles. The number of aromatic nitrogens is 3. The summed E-state index contributed by atoms with van der Waals surface area (Å²) in [6.07, 6.45) is 1.80. The molecule has 0 aliphatic carbocycles. The smallest absolute Gasteiger partial charge is 0.191 e. The van der Waals surface area contributed by atoms with Crippen LogP contribution in [0.1, 0.15) is 61.3 Å². The van der Waals surface area contributed by atoms with Gasteiger partial charge < -0.3 is 10.6 Å². The Bertz CT molecular complexity index is 765. The Morgan fingerprint density at radius 3 is 2.54 bits per heavy atom. The summed E-state index contributed by atoms with van der Waals surface area (Å²) in [5.74, 6) is 1.36. The lowest BCUT2D eigenvalue weighted by molar-refractivity contribution is 0.635. The summed E-state index contributed by atoms with van der Waals surface area (Å²) in [6.45, 7) is 14.4. The molecule has 0 saturated carbocycles.